The Morgan fingerprint density at radius 1 is 1.20 bits per heavy atom. The smallest absolute Gasteiger partial charge is 0.233 e. The summed E-state index contributed by atoms with van der Waals surface area (Å²) in [6, 6.07) is 17.6. The van der Waals surface area contributed by atoms with E-state index in [1.165, 1.54) is 22.9 Å². The number of hydrogen-bond donors (Lipinski definition) is 1. The highest BCUT2D eigenvalue weighted by atomic mass is 35.5. The van der Waals surface area contributed by atoms with Gasteiger partial charge in [-0.3, -0.25) is 9.59 Å². The molecule has 2 aliphatic rings. The quantitative estimate of drug-likeness (QED) is 0.784. The number of allylic oxidation sites excluding steroid dienone is 1. The van der Waals surface area contributed by atoms with Crippen molar-refractivity contribution in [3.63, 3.8) is 0 Å². The molecule has 1 atom stereocenters. The number of fused-ring (bicyclic) bond motifs is 1. The van der Waals surface area contributed by atoms with Gasteiger partial charge in [0.25, 0.3) is 0 Å². The fraction of sp³-hybridized carbons (Fsp3) is 0.261. The second-order valence-corrected chi connectivity index (χ2v) is 8.76. The molecule has 0 saturated carbocycles. The molecule has 7 heteroatoms. The summed E-state index contributed by atoms with van der Waals surface area (Å²) in [6.45, 7) is 1.28. The maximum absolute atomic E-state index is 12.8. The van der Waals surface area contributed by atoms with Gasteiger partial charge in [-0.1, -0.05) is 59.8 Å². The Labute approximate surface area is 184 Å². The molecule has 152 valence electrons. The van der Waals surface area contributed by atoms with Gasteiger partial charge in [0.05, 0.1) is 22.4 Å². The predicted molar refractivity (Wildman–Crippen MR) is 118 cm³/mol. The first-order chi connectivity index (χ1) is 14.5. The SMILES string of the molecule is N#CC1=C(SCC(=O)N2CCc3ccccc3C2)NC(=O)C[C@@H]1c1ccc(Cl)cc1. The van der Waals surface area contributed by atoms with Crippen molar-refractivity contribution in [2.45, 2.75) is 25.3 Å². The molecule has 0 aromatic heterocycles. The second kappa shape index (κ2) is 8.95. The van der Waals surface area contributed by atoms with E-state index >= 15 is 0 Å². The van der Waals surface area contributed by atoms with Gasteiger partial charge in [0.1, 0.15) is 0 Å². The van der Waals surface area contributed by atoms with Crippen molar-refractivity contribution in [3.8, 4) is 6.07 Å². The Morgan fingerprint density at radius 3 is 2.67 bits per heavy atom. The molecule has 2 aromatic rings. The summed E-state index contributed by atoms with van der Waals surface area (Å²) in [6.07, 6.45) is 1.04. The van der Waals surface area contributed by atoms with E-state index in [1.807, 2.05) is 29.2 Å². The van der Waals surface area contributed by atoms with Gasteiger partial charge in [-0.05, 0) is 35.2 Å². The lowest BCUT2D eigenvalue weighted by Gasteiger charge is -2.29. The minimum Gasteiger partial charge on any atom is -0.337 e. The van der Waals surface area contributed by atoms with E-state index < -0.39 is 0 Å². The maximum Gasteiger partial charge on any atom is 0.233 e. The number of rotatable bonds is 4. The highest BCUT2D eigenvalue weighted by Gasteiger charge is 2.30. The molecule has 0 radical (unpaired) electrons. The van der Waals surface area contributed by atoms with Crippen molar-refractivity contribution >= 4 is 35.2 Å². The Morgan fingerprint density at radius 2 is 1.93 bits per heavy atom. The van der Waals surface area contributed by atoms with Crippen LogP contribution in [0.5, 0.6) is 0 Å². The first kappa shape index (κ1) is 20.5. The number of amides is 2. The minimum atomic E-state index is -0.333. The third kappa shape index (κ3) is 4.38. The Kier molecular flexibility index (Phi) is 6.12. The summed E-state index contributed by atoms with van der Waals surface area (Å²) in [4.78, 5) is 26.9. The largest absolute Gasteiger partial charge is 0.337 e. The van der Waals surface area contributed by atoms with Gasteiger partial charge in [-0.2, -0.15) is 5.26 Å². The van der Waals surface area contributed by atoms with Crippen LogP contribution < -0.4 is 5.32 Å². The molecule has 5 nitrogen and oxygen atoms in total. The van der Waals surface area contributed by atoms with Gasteiger partial charge in [0.15, 0.2) is 0 Å². The van der Waals surface area contributed by atoms with Gasteiger partial charge in [-0.25, -0.2) is 0 Å². The Bertz CT molecular complexity index is 1060. The first-order valence-corrected chi connectivity index (χ1v) is 11.1. The first-order valence-electron chi connectivity index (χ1n) is 9.72. The van der Waals surface area contributed by atoms with Crippen LogP contribution in [0.25, 0.3) is 0 Å². The van der Waals surface area contributed by atoms with Gasteiger partial charge in [0.2, 0.25) is 11.8 Å². The Balaban J connectivity index is 1.48. The van der Waals surface area contributed by atoms with Crippen LogP contribution in [0.2, 0.25) is 5.02 Å². The monoisotopic (exact) mass is 437 g/mol. The van der Waals surface area contributed by atoms with Gasteiger partial charge < -0.3 is 10.2 Å². The normalized spacial score (nSPS) is 18.5. The van der Waals surface area contributed by atoms with Crippen molar-refractivity contribution < 1.29 is 9.59 Å². The predicted octanol–water partition coefficient (Wildman–Crippen LogP) is 4.00. The summed E-state index contributed by atoms with van der Waals surface area (Å²) in [5.74, 6) is -0.311. The molecule has 2 heterocycles. The van der Waals surface area contributed by atoms with Crippen LogP contribution >= 0.6 is 23.4 Å². The zero-order valence-electron chi connectivity index (χ0n) is 16.2. The fourth-order valence-corrected chi connectivity index (χ4v) is 4.95. The minimum absolute atomic E-state index is 0.00200. The highest BCUT2D eigenvalue weighted by Crippen LogP contribution is 2.36. The molecule has 2 aliphatic heterocycles. The van der Waals surface area contributed by atoms with Gasteiger partial charge in [-0.15, -0.1) is 0 Å². The van der Waals surface area contributed by atoms with Crippen LogP contribution in [0, 0.1) is 11.3 Å². The summed E-state index contributed by atoms with van der Waals surface area (Å²) in [5, 5.41) is 13.6. The molecule has 2 aromatic carbocycles. The van der Waals surface area contributed by atoms with Crippen LogP contribution in [0.1, 0.15) is 29.0 Å². The molecule has 2 amide bonds. The molecule has 0 spiro atoms. The maximum atomic E-state index is 12.8. The van der Waals surface area contributed by atoms with Crippen LogP contribution in [0.4, 0.5) is 0 Å². The topological polar surface area (TPSA) is 73.2 Å². The van der Waals surface area contributed by atoms with E-state index in [9.17, 15) is 14.9 Å². The van der Waals surface area contributed by atoms with Crippen LogP contribution in [-0.4, -0.2) is 29.0 Å². The average Bonchev–Trinajstić information content (AvgIpc) is 2.77. The summed E-state index contributed by atoms with van der Waals surface area (Å²) in [5.41, 5.74) is 3.81. The summed E-state index contributed by atoms with van der Waals surface area (Å²) in [7, 11) is 0. The molecule has 0 unspecified atom stereocenters. The van der Waals surface area contributed by atoms with Crippen LogP contribution in [0.15, 0.2) is 59.1 Å². The molecule has 4 rings (SSSR count). The lowest BCUT2D eigenvalue weighted by molar-refractivity contribution is -0.129. The zero-order chi connectivity index (χ0) is 21.1. The Hall–Kier alpha value is -2.75. The van der Waals surface area contributed by atoms with E-state index in [2.05, 4.69) is 23.5 Å². The lowest BCUT2D eigenvalue weighted by Crippen LogP contribution is -2.37. The molecule has 0 saturated heterocycles. The molecular weight excluding hydrogens is 418 g/mol. The van der Waals surface area contributed by atoms with Crippen molar-refractivity contribution in [1.29, 1.82) is 5.26 Å². The summed E-state index contributed by atoms with van der Waals surface area (Å²) < 4.78 is 0. The van der Waals surface area contributed by atoms with Crippen molar-refractivity contribution in [2.75, 3.05) is 12.3 Å². The van der Waals surface area contributed by atoms with Crippen molar-refractivity contribution in [3.05, 3.63) is 80.8 Å². The lowest BCUT2D eigenvalue weighted by atomic mass is 9.87. The van der Waals surface area contributed by atoms with Crippen LogP contribution in [0.3, 0.4) is 0 Å². The standard InChI is InChI=1S/C23H20ClN3O2S/c24-18-7-5-16(6-8-18)19-11-21(28)26-23(20(19)12-25)30-14-22(29)27-10-9-15-3-1-2-4-17(15)13-27/h1-8,19H,9-11,13-14H2,(H,26,28)/t19-/m1/s1. The number of carbonyl (C=O) groups is 2. The third-order valence-electron chi connectivity index (χ3n) is 5.45. The number of nitriles is 1. The number of hydrogen-bond acceptors (Lipinski definition) is 4. The number of halogens is 1. The second-order valence-electron chi connectivity index (χ2n) is 7.33. The van der Waals surface area contributed by atoms with Gasteiger partial charge >= 0.3 is 0 Å². The van der Waals surface area contributed by atoms with E-state index in [4.69, 9.17) is 11.6 Å². The van der Waals surface area contributed by atoms with Crippen molar-refractivity contribution in [1.82, 2.24) is 10.2 Å². The van der Waals surface area contributed by atoms with E-state index in [0.717, 1.165) is 12.0 Å². The molecule has 0 bridgehead atoms. The van der Waals surface area contributed by atoms with Gasteiger partial charge in [0, 0.05) is 30.5 Å². The van der Waals surface area contributed by atoms with Crippen LogP contribution in [-0.2, 0) is 22.6 Å². The fourth-order valence-electron chi connectivity index (χ4n) is 3.85. The molecule has 0 fully saturated rings. The van der Waals surface area contributed by atoms with E-state index in [0.29, 0.717) is 28.7 Å². The summed E-state index contributed by atoms with van der Waals surface area (Å²) >= 11 is 7.19. The van der Waals surface area contributed by atoms with E-state index in [1.54, 1.807) is 12.1 Å². The average molecular weight is 438 g/mol. The molecule has 1 N–H and O–H groups in total. The zero-order valence-corrected chi connectivity index (χ0v) is 17.8. The number of thioether (sulfide) groups is 1. The third-order valence-corrected chi connectivity index (χ3v) is 6.71. The molecule has 0 aliphatic carbocycles. The molecular formula is C23H20ClN3O2S. The van der Waals surface area contributed by atoms with Crippen molar-refractivity contribution in [2.24, 2.45) is 0 Å². The highest BCUT2D eigenvalue weighted by molar-refractivity contribution is 8.03. The number of carbonyl (C=O) groups excluding carboxylic acids is 2. The number of benzene rings is 2. The van der Waals surface area contributed by atoms with E-state index in [-0.39, 0.29) is 29.9 Å². The molecule has 30 heavy (non-hydrogen) atoms. The number of nitrogens with zero attached hydrogens (tertiary/aromatic N) is 2. The number of nitrogens with one attached hydrogen (secondary N) is 1.